The van der Waals surface area contributed by atoms with Crippen LogP contribution >= 0.6 is 0 Å². The van der Waals surface area contributed by atoms with E-state index < -0.39 is 0 Å². The van der Waals surface area contributed by atoms with Crippen molar-refractivity contribution in [1.29, 1.82) is 0 Å². The first-order valence-electron chi connectivity index (χ1n) is 8.52. The Balaban J connectivity index is 1.95. The summed E-state index contributed by atoms with van der Waals surface area (Å²) in [5.41, 5.74) is 7.73. The van der Waals surface area contributed by atoms with Gasteiger partial charge in [0.05, 0.1) is 5.69 Å². The first kappa shape index (κ1) is 14.0. The lowest BCUT2D eigenvalue weighted by atomic mass is 10.0. The van der Waals surface area contributed by atoms with Crippen molar-refractivity contribution in [3.05, 3.63) is 11.5 Å². The molecule has 3 rings (SSSR count). The fourth-order valence-corrected chi connectivity index (χ4v) is 4.06. The summed E-state index contributed by atoms with van der Waals surface area (Å²) in [6, 6.07) is 0. The van der Waals surface area contributed by atoms with E-state index in [-0.39, 0.29) is 0 Å². The highest BCUT2D eigenvalue weighted by Crippen LogP contribution is 2.40. The first-order chi connectivity index (χ1) is 9.66. The van der Waals surface area contributed by atoms with Gasteiger partial charge in [0, 0.05) is 18.4 Å². The van der Waals surface area contributed by atoms with Crippen molar-refractivity contribution in [2.24, 2.45) is 5.92 Å². The number of rotatable bonds is 4. The van der Waals surface area contributed by atoms with Gasteiger partial charge in [-0.05, 0) is 31.6 Å². The predicted octanol–water partition coefficient (Wildman–Crippen LogP) is 4.44. The monoisotopic (exact) mass is 275 g/mol. The molecule has 1 heterocycles. The van der Waals surface area contributed by atoms with Gasteiger partial charge in [0.25, 0.3) is 0 Å². The molecule has 3 heteroatoms. The number of anilines is 1. The van der Waals surface area contributed by atoms with Crippen LogP contribution in [0.5, 0.6) is 0 Å². The second-order valence-electron chi connectivity index (χ2n) is 7.21. The normalized spacial score (nSPS) is 21.4. The van der Waals surface area contributed by atoms with E-state index in [9.17, 15) is 0 Å². The van der Waals surface area contributed by atoms with Crippen LogP contribution in [0.2, 0.25) is 0 Å². The molecule has 2 fully saturated rings. The second kappa shape index (κ2) is 5.79. The van der Waals surface area contributed by atoms with Crippen molar-refractivity contribution in [2.75, 3.05) is 5.73 Å². The van der Waals surface area contributed by atoms with E-state index in [2.05, 4.69) is 18.4 Å². The Morgan fingerprint density at radius 2 is 1.60 bits per heavy atom. The molecular weight excluding hydrogens is 246 g/mol. The minimum Gasteiger partial charge on any atom is -0.384 e. The molecule has 0 atom stereocenters. The lowest BCUT2D eigenvalue weighted by Crippen LogP contribution is -2.13. The Morgan fingerprint density at radius 1 is 1.05 bits per heavy atom. The Hall–Kier alpha value is -0.990. The molecule has 0 radical (unpaired) electrons. The Labute approximate surface area is 123 Å². The van der Waals surface area contributed by atoms with Crippen molar-refractivity contribution < 1.29 is 0 Å². The molecule has 0 saturated heterocycles. The minimum absolute atomic E-state index is 0.628. The molecule has 112 valence electrons. The zero-order valence-corrected chi connectivity index (χ0v) is 13.1. The van der Waals surface area contributed by atoms with Gasteiger partial charge < -0.3 is 10.3 Å². The molecule has 0 aromatic carbocycles. The number of imidazole rings is 1. The first-order valence-corrected chi connectivity index (χ1v) is 8.52. The quantitative estimate of drug-likeness (QED) is 0.883. The Bertz CT molecular complexity index is 449. The summed E-state index contributed by atoms with van der Waals surface area (Å²) in [4.78, 5) is 5.06. The van der Waals surface area contributed by atoms with Crippen molar-refractivity contribution >= 4 is 5.82 Å². The summed E-state index contributed by atoms with van der Waals surface area (Å²) in [6.07, 6.45) is 10.6. The smallest absolute Gasteiger partial charge is 0.127 e. The van der Waals surface area contributed by atoms with E-state index in [1.54, 1.807) is 0 Å². The van der Waals surface area contributed by atoms with Crippen molar-refractivity contribution in [2.45, 2.75) is 83.6 Å². The van der Waals surface area contributed by atoms with Crippen LogP contribution in [-0.4, -0.2) is 9.55 Å². The van der Waals surface area contributed by atoms with E-state index in [0.29, 0.717) is 17.8 Å². The van der Waals surface area contributed by atoms with Crippen LogP contribution in [0.25, 0.3) is 0 Å². The van der Waals surface area contributed by atoms with Crippen molar-refractivity contribution in [3.8, 4) is 0 Å². The summed E-state index contributed by atoms with van der Waals surface area (Å²) < 4.78 is 2.36. The number of hydrogen-bond donors (Lipinski definition) is 1. The molecule has 2 N–H and O–H groups in total. The van der Waals surface area contributed by atoms with Crippen LogP contribution in [0.1, 0.15) is 88.6 Å². The summed E-state index contributed by atoms with van der Waals surface area (Å²) in [6.45, 7) is 5.57. The largest absolute Gasteiger partial charge is 0.384 e. The van der Waals surface area contributed by atoms with E-state index in [4.69, 9.17) is 10.7 Å². The molecule has 3 nitrogen and oxygen atoms in total. The average Bonchev–Trinajstić information content (AvgIpc) is 3.11. The standard InChI is InChI=1S/C17H29N3/c1-12(2)11-20-16(18)15(13-7-3-4-8-13)19-17(20)14-9-5-6-10-14/h12-14H,3-11,18H2,1-2H3. The fourth-order valence-electron chi connectivity index (χ4n) is 4.06. The van der Waals surface area contributed by atoms with Crippen LogP contribution in [0, 0.1) is 5.92 Å². The fraction of sp³-hybridized carbons (Fsp3) is 0.824. The molecule has 1 aromatic rings. The Morgan fingerprint density at radius 3 is 2.15 bits per heavy atom. The molecular formula is C17H29N3. The molecule has 0 unspecified atom stereocenters. The van der Waals surface area contributed by atoms with E-state index in [0.717, 1.165) is 12.4 Å². The Kier molecular flexibility index (Phi) is 4.04. The minimum atomic E-state index is 0.628. The van der Waals surface area contributed by atoms with Gasteiger partial charge in [-0.15, -0.1) is 0 Å². The summed E-state index contributed by atoms with van der Waals surface area (Å²) in [5, 5.41) is 0. The number of hydrogen-bond acceptors (Lipinski definition) is 2. The SMILES string of the molecule is CC(C)Cn1c(C2CCCC2)nc(C2CCCC2)c1N. The highest BCUT2D eigenvalue weighted by Gasteiger charge is 2.29. The summed E-state index contributed by atoms with van der Waals surface area (Å²) in [5.74, 6) is 4.20. The molecule has 0 aliphatic heterocycles. The molecule has 2 aliphatic rings. The van der Waals surface area contributed by atoms with Gasteiger partial charge in [-0.3, -0.25) is 0 Å². The van der Waals surface area contributed by atoms with Gasteiger partial charge in [-0.25, -0.2) is 4.98 Å². The molecule has 0 bridgehead atoms. The molecule has 2 aliphatic carbocycles. The third-order valence-corrected chi connectivity index (χ3v) is 5.07. The summed E-state index contributed by atoms with van der Waals surface area (Å²) >= 11 is 0. The van der Waals surface area contributed by atoms with Gasteiger partial charge in [-0.2, -0.15) is 0 Å². The van der Waals surface area contributed by atoms with Gasteiger partial charge in [0.15, 0.2) is 0 Å². The maximum absolute atomic E-state index is 6.50. The third kappa shape index (κ3) is 2.59. The third-order valence-electron chi connectivity index (χ3n) is 5.07. The maximum atomic E-state index is 6.50. The predicted molar refractivity (Wildman–Crippen MR) is 83.9 cm³/mol. The summed E-state index contributed by atoms with van der Waals surface area (Å²) in [7, 11) is 0. The lowest BCUT2D eigenvalue weighted by Gasteiger charge is -2.16. The topological polar surface area (TPSA) is 43.8 Å². The van der Waals surface area contributed by atoms with Gasteiger partial charge in [0.1, 0.15) is 11.6 Å². The molecule has 1 aromatic heterocycles. The van der Waals surface area contributed by atoms with Crippen LogP contribution in [0.3, 0.4) is 0 Å². The molecule has 20 heavy (non-hydrogen) atoms. The van der Waals surface area contributed by atoms with Crippen molar-refractivity contribution in [3.63, 3.8) is 0 Å². The number of nitrogens with zero attached hydrogens (tertiary/aromatic N) is 2. The number of nitrogen functional groups attached to an aromatic ring is 1. The second-order valence-corrected chi connectivity index (χ2v) is 7.21. The average molecular weight is 275 g/mol. The lowest BCUT2D eigenvalue weighted by molar-refractivity contribution is 0.492. The van der Waals surface area contributed by atoms with E-state index in [1.165, 1.54) is 62.9 Å². The van der Waals surface area contributed by atoms with Crippen molar-refractivity contribution in [1.82, 2.24) is 9.55 Å². The van der Waals surface area contributed by atoms with Crippen LogP contribution in [-0.2, 0) is 6.54 Å². The van der Waals surface area contributed by atoms with Crippen LogP contribution in [0.4, 0.5) is 5.82 Å². The zero-order valence-electron chi connectivity index (χ0n) is 13.1. The van der Waals surface area contributed by atoms with Crippen LogP contribution < -0.4 is 5.73 Å². The number of aromatic nitrogens is 2. The maximum Gasteiger partial charge on any atom is 0.127 e. The van der Waals surface area contributed by atoms with Gasteiger partial charge in [0.2, 0.25) is 0 Å². The highest BCUT2D eigenvalue weighted by molar-refractivity contribution is 5.42. The molecule has 2 saturated carbocycles. The zero-order chi connectivity index (χ0) is 14.1. The van der Waals surface area contributed by atoms with Gasteiger partial charge in [-0.1, -0.05) is 39.5 Å². The van der Waals surface area contributed by atoms with Crippen LogP contribution in [0.15, 0.2) is 0 Å². The number of nitrogens with two attached hydrogens (primary N) is 1. The molecule has 0 spiro atoms. The highest BCUT2D eigenvalue weighted by atomic mass is 15.2. The van der Waals surface area contributed by atoms with E-state index in [1.807, 2.05) is 0 Å². The van der Waals surface area contributed by atoms with Gasteiger partial charge >= 0.3 is 0 Å². The van der Waals surface area contributed by atoms with E-state index >= 15 is 0 Å². The molecule has 0 amide bonds.